The second-order valence-corrected chi connectivity index (χ2v) is 5.87. The molecule has 2 fully saturated rings. The van der Waals surface area contributed by atoms with Gasteiger partial charge in [0.2, 0.25) is 11.0 Å². The summed E-state index contributed by atoms with van der Waals surface area (Å²) in [5.74, 6) is 1.52. The number of rotatable bonds is 5. The Balaban J connectivity index is 1.62. The van der Waals surface area contributed by atoms with E-state index >= 15 is 0 Å². The number of anilines is 1. The number of carbonyl (C=O) groups is 1. The molecule has 1 aromatic rings. The van der Waals surface area contributed by atoms with Crippen LogP contribution in [0.15, 0.2) is 0 Å². The lowest BCUT2D eigenvalue weighted by molar-refractivity contribution is -0.134. The lowest BCUT2D eigenvalue weighted by Crippen LogP contribution is -2.48. The summed E-state index contributed by atoms with van der Waals surface area (Å²) < 4.78 is 4.33. The van der Waals surface area contributed by atoms with Gasteiger partial charge in [0.05, 0.1) is 6.61 Å². The minimum absolute atomic E-state index is 0.0170. The van der Waals surface area contributed by atoms with Crippen LogP contribution in [0.3, 0.4) is 0 Å². The highest BCUT2D eigenvalue weighted by molar-refractivity contribution is 7.09. The fourth-order valence-electron chi connectivity index (χ4n) is 2.37. The second-order valence-electron chi connectivity index (χ2n) is 5.12. The number of β-amino-alcohol motifs (C(OH)–C–C–N with tert-alkyl or cyclic N) is 1. The third kappa shape index (κ3) is 2.87. The number of nitrogens with zero attached hydrogens (tertiary/aromatic N) is 3. The van der Waals surface area contributed by atoms with E-state index in [0.717, 1.165) is 30.3 Å². The van der Waals surface area contributed by atoms with Gasteiger partial charge in [0.1, 0.15) is 11.9 Å². The molecule has 19 heavy (non-hydrogen) atoms. The molecule has 1 saturated heterocycles. The molecule has 3 rings (SSSR count). The number of amides is 1. The number of carbonyl (C=O) groups excluding carboxylic acids is 1. The number of nitrogens with one attached hydrogen (secondary N) is 1. The molecule has 1 amide bonds. The number of piperidine rings is 1. The van der Waals surface area contributed by atoms with Crippen LogP contribution in [-0.2, 0) is 4.79 Å². The Labute approximate surface area is 116 Å². The Morgan fingerprint density at radius 1 is 1.42 bits per heavy atom. The van der Waals surface area contributed by atoms with Crippen LogP contribution in [0.5, 0.6) is 0 Å². The molecule has 2 N–H and O–H groups in total. The molecule has 1 aliphatic carbocycles. The van der Waals surface area contributed by atoms with E-state index in [0.29, 0.717) is 12.5 Å². The third-order valence-corrected chi connectivity index (χ3v) is 4.24. The van der Waals surface area contributed by atoms with Crippen molar-refractivity contribution in [2.75, 3.05) is 25.0 Å². The zero-order valence-electron chi connectivity index (χ0n) is 10.7. The van der Waals surface area contributed by atoms with Crippen LogP contribution in [0.25, 0.3) is 0 Å². The summed E-state index contributed by atoms with van der Waals surface area (Å²) in [6.07, 6.45) is 4.14. The van der Waals surface area contributed by atoms with Gasteiger partial charge >= 0.3 is 0 Å². The van der Waals surface area contributed by atoms with Gasteiger partial charge in [-0.3, -0.25) is 4.79 Å². The second kappa shape index (κ2) is 5.42. The molecule has 1 aromatic heterocycles. The maximum Gasteiger partial charge on any atom is 0.245 e. The van der Waals surface area contributed by atoms with Crippen molar-refractivity contribution in [2.45, 2.75) is 37.6 Å². The number of hydrogen-bond acceptors (Lipinski definition) is 6. The average Bonchev–Trinajstić information content (AvgIpc) is 3.15. The van der Waals surface area contributed by atoms with Crippen molar-refractivity contribution < 1.29 is 9.90 Å². The summed E-state index contributed by atoms with van der Waals surface area (Å²) in [6.45, 7) is 1.17. The van der Waals surface area contributed by atoms with Crippen molar-refractivity contribution in [3.05, 3.63) is 5.82 Å². The third-order valence-electron chi connectivity index (χ3n) is 3.58. The Morgan fingerprint density at radius 3 is 3.00 bits per heavy atom. The van der Waals surface area contributed by atoms with Gasteiger partial charge in [-0.2, -0.15) is 4.37 Å². The van der Waals surface area contributed by atoms with Gasteiger partial charge in [0, 0.05) is 30.5 Å². The summed E-state index contributed by atoms with van der Waals surface area (Å²) in [6, 6.07) is -0.222. The molecule has 2 heterocycles. The standard InChI is InChI=1S/C12H18N4O2S/c17-7-6-16-5-1-2-9(11(16)18)13-12-14-10(15-19-12)8-3-4-8/h8-9,17H,1-7H2,(H,13,14,15). The van der Waals surface area contributed by atoms with Gasteiger partial charge in [-0.15, -0.1) is 0 Å². The minimum atomic E-state index is -0.222. The largest absolute Gasteiger partial charge is 0.395 e. The number of aliphatic hydroxyl groups is 1. The molecule has 0 bridgehead atoms. The molecule has 0 radical (unpaired) electrons. The molecule has 1 atom stereocenters. The van der Waals surface area contributed by atoms with Crippen LogP contribution in [0.4, 0.5) is 5.13 Å². The Hall–Kier alpha value is -1.21. The Bertz CT molecular complexity index is 458. The van der Waals surface area contributed by atoms with Crippen LogP contribution in [0.2, 0.25) is 0 Å². The molecule has 1 aliphatic heterocycles. The van der Waals surface area contributed by atoms with E-state index in [2.05, 4.69) is 14.7 Å². The fraction of sp³-hybridized carbons (Fsp3) is 0.750. The first kappa shape index (κ1) is 12.8. The molecule has 0 aromatic carbocycles. The molecular formula is C12H18N4O2S. The van der Waals surface area contributed by atoms with Gasteiger partial charge in [0.15, 0.2) is 0 Å². The van der Waals surface area contributed by atoms with E-state index in [1.165, 1.54) is 24.4 Å². The van der Waals surface area contributed by atoms with Crippen molar-refractivity contribution in [1.29, 1.82) is 0 Å². The summed E-state index contributed by atoms with van der Waals surface area (Å²) in [5, 5.41) is 12.9. The van der Waals surface area contributed by atoms with Crippen molar-refractivity contribution >= 4 is 22.6 Å². The highest BCUT2D eigenvalue weighted by atomic mass is 32.1. The molecule has 6 nitrogen and oxygen atoms in total. The van der Waals surface area contributed by atoms with Crippen molar-refractivity contribution in [2.24, 2.45) is 0 Å². The van der Waals surface area contributed by atoms with E-state index in [4.69, 9.17) is 5.11 Å². The molecule has 104 valence electrons. The Kier molecular flexibility index (Phi) is 3.65. The molecule has 7 heteroatoms. The van der Waals surface area contributed by atoms with Gasteiger partial charge in [-0.05, 0) is 25.7 Å². The van der Waals surface area contributed by atoms with E-state index < -0.39 is 0 Å². The SMILES string of the molecule is O=C1C(Nc2nc(C3CC3)ns2)CCCN1CCO. The Morgan fingerprint density at radius 2 is 2.26 bits per heavy atom. The van der Waals surface area contributed by atoms with E-state index in [9.17, 15) is 4.79 Å². The lowest BCUT2D eigenvalue weighted by atomic mass is 10.1. The van der Waals surface area contributed by atoms with Gasteiger partial charge in [-0.1, -0.05) is 0 Å². The zero-order chi connectivity index (χ0) is 13.2. The fourth-order valence-corrected chi connectivity index (χ4v) is 3.07. The smallest absolute Gasteiger partial charge is 0.245 e. The van der Waals surface area contributed by atoms with Crippen molar-refractivity contribution in [3.63, 3.8) is 0 Å². The number of aliphatic hydroxyl groups excluding tert-OH is 1. The monoisotopic (exact) mass is 282 g/mol. The van der Waals surface area contributed by atoms with Crippen molar-refractivity contribution in [1.82, 2.24) is 14.3 Å². The highest BCUT2D eigenvalue weighted by Crippen LogP contribution is 2.39. The van der Waals surface area contributed by atoms with Crippen LogP contribution >= 0.6 is 11.5 Å². The molecule has 2 aliphatic rings. The zero-order valence-corrected chi connectivity index (χ0v) is 11.5. The summed E-state index contributed by atoms with van der Waals surface area (Å²) in [4.78, 5) is 18.3. The normalized spacial score (nSPS) is 23.7. The molecule has 1 unspecified atom stereocenters. The van der Waals surface area contributed by atoms with E-state index in [1.807, 2.05) is 0 Å². The number of hydrogen-bond donors (Lipinski definition) is 2. The first-order chi connectivity index (χ1) is 9.28. The predicted molar refractivity (Wildman–Crippen MR) is 72.2 cm³/mol. The molecular weight excluding hydrogens is 264 g/mol. The van der Waals surface area contributed by atoms with Crippen LogP contribution in [-0.4, -0.2) is 51.0 Å². The highest BCUT2D eigenvalue weighted by Gasteiger charge is 2.31. The van der Waals surface area contributed by atoms with Crippen LogP contribution < -0.4 is 5.32 Å². The van der Waals surface area contributed by atoms with Gasteiger partial charge in [-0.25, -0.2) is 4.98 Å². The van der Waals surface area contributed by atoms with E-state index in [-0.39, 0.29) is 18.6 Å². The van der Waals surface area contributed by atoms with E-state index in [1.54, 1.807) is 4.90 Å². The molecule has 0 spiro atoms. The summed E-state index contributed by atoms with van der Waals surface area (Å²) in [5.41, 5.74) is 0. The van der Waals surface area contributed by atoms with Gasteiger partial charge in [0.25, 0.3) is 0 Å². The lowest BCUT2D eigenvalue weighted by Gasteiger charge is -2.31. The number of likely N-dealkylation sites (tertiary alicyclic amines) is 1. The van der Waals surface area contributed by atoms with Gasteiger partial charge < -0.3 is 15.3 Å². The summed E-state index contributed by atoms with van der Waals surface area (Å²) in [7, 11) is 0. The predicted octanol–water partition coefficient (Wildman–Crippen LogP) is 0.811. The maximum atomic E-state index is 12.2. The quantitative estimate of drug-likeness (QED) is 0.835. The van der Waals surface area contributed by atoms with Crippen LogP contribution in [0.1, 0.15) is 37.4 Å². The topological polar surface area (TPSA) is 78.4 Å². The first-order valence-electron chi connectivity index (χ1n) is 6.77. The average molecular weight is 282 g/mol. The molecule has 1 saturated carbocycles. The minimum Gasteiger partial charge on any atom is -0.395 e. The maximum absolute atomic E-state index is 12.2. The van der Waals surface area contributed by atoms with Crippen LogP contribution in [0, 0.1) is 0 Å². The number of aromatic nitrogens is 2. The summed E-state index contributed by atoms with van der Waals surface area (Å²) >= 11 is 1.34. The van der Waals surface area contributed by atoms with Crippen molar-refractivity contribution in [3.8, 4) is 0 Å². The first-order valence-corrected chi connectivity index (χ1v) is 7.55.